The van der Waals surface area contributed by atoms with Crippen molar-refractivity contribution >= 4 is 5.65 Å². The lowest BCUT2D eigenvalue weighted by Gasteiger charge is -2.11. The number of hydroxylamine groups is 1. The number of hydrogen-bond donors (Lipinski definition) is 1. The standard InChI is InChI=1S/C14H19N3O/c1-11-13(10-15-18-12-6-2-3-7-12)17-9-5-4-8-14(17)16-11/h4-5,8-9,12,15H,2-3,6-7,10H2,1H3. The van der Waals surface area contributed by atoms with Gasteiger partial charge in [-0.3, -0.25) is 4.84 Å². The van der Waals surface area contributed by atoms with Crippen LogP contribution < -0.4 is 5.48 Å². The Morgan fingerprint density at radius 3 is 3.06 bits per heavy atom. The summed E-state index contributed by atoms with van der Waals surface area (Å²) >= 11 is 0. The highest BCUT2D eigenvalue weighted by atomic mass is 16.7. The van der Waals surface area contributed by atoms with E-state index in [4.69, 9.17) is 4.84 Å². The minimum Gasteiger partial charge on any atom is -0.302 e. The molecule has 0 aliphatic heterocycles. The van der Waals surface area contributed by atoms with Crippen LogP contribution in [0.25, 0.3) is 5.65 Å². The lowest BCUT2D eigenvalue weighted by Crippen LogP contribution is -2.22. The highest BCUT2D eigenvalue weighted by molar-refractivity contribution is 5.42. The zero-order valence-corrected chi connectivity index (χ0v) is 10.7. The van der Waals surface area contributed by atoms with Crippen molar-refractivity contribution in [2.45, 2.75) is 45.3 Å². The smallest absolute Gasteiger partial charge is 0.137 e. The SMILES string of the molecule is Cc1nc2ccccn2c1CNOC1CCCC1. The summed E-state index contributed by atoms with van der Waals surface area (Å²) < 4.78 is 2.11. The molecule has 0 bridgehead atoms. The molecular formula is C14H19N3O. The van der Waals surface area contributed by atoms with Crippen LogP contribution in [-0.2, 0) is 11.4 Å². The van der Waals surface area contributed by atoms with E-state index in [9.17, 15) is 0 Å². The van der Waals surface area contributed by atoms with Crippen LogP contribution in [0.15, 0.2) is 24.4 Å². The van der Waals surface area contributed by atoms with Gasteiger partial charge in [0.05, 0.1) is 24.0 Å². The molecule has 0 saturated heterocycles. The van der Waals surface area contributed by atoms with Crippen LogP contribution >= 0.6 is 0 Å². The Hall–Kier alpha value is -1.39. The maximum Gasteiger partial charge on any atom is 0.137 e. The Morgan fingerprint density at radius 2 is 2.22 bits per heavy atom. The fourth-order valence-corrected chi connectivity index (χ4v) is 2.61. The number of fused-ring (bicyclic) bond motifs is 1. The Balaban J connectivity index is 1.68. The fourth-order valence-electron chi connectivity index (χ4n) is 2.61. The van der Waals surface area contributed by atoms with Crippen LogP contribution in [0.5, 0.6) is 0 Å². The van der Waals surface area contributed by atoms with Gasteiger partial charge < -0.3 is 4.40 Å². The topological polar surface area (TPSA) is 38.6 Å². The zero-order valence-electron chi connectivity index (χ0n) is 10.7. The predicted octanol–water partition coefficient (Wildman–Crippen LogP) is 2.61. The predicted molar refractivity (Wildman–Crippen MR) is 70.1 cm³/mol. The van der Waals surface area contributed by atoms with Gasteiger partial charge in [-0.25, -0.2) is 4.98 Å². The van der Waals surface area contributed by atoms with Crippen molar-refractivity contribution in [3.63, 3.8) is 0 Å². The maximum absolute atomic E-state index is 5.69. The molecule has 0 radical (unpaired) electrons. The molecule has 4 heteroatoms. The second kappa shape index (κ2) is 5.08. The van der Waals surface area contributed by atoms with E-state index in [1.54, 1.807) is 0 Å². The minimum atomic E-state index is 0.393. The molecule has 1 aliphatic carbocycles. The number of hydrogen-bond acceptors (Lipinski definition) is 3. The molecule has 0 atom stereocenters. The molecule has 0 aromatic carbocycles. The summed E-state index contributed by atoms with van der Waals surface area (Å²) in [6, 6.07) is 6.05. The number of nitrogens with one attached hydrogen (secondary N) is 1. The van der Waals surface area contributed by atoms with Crippen LogP contribution in [0.3, 0.4) is 0 Å². The summed E-state index contributed by atoms with van der Waals surface area (Å²) in [4.78, 5) is 10.2. The molecule has 96 valence electrons. The van der Waals surface area contributed by atoms with Gasteiger partial charge in [0.1, 0.15) is 5.65 Å². The second-order valence-electron chi connectivity index (χ2n) is 4.92. The van der Waals surface area contributed by atoms with Crippen LogP contribution in [-0.4, -0.2) is 15.5 Å². The van der Waals surface area contributed by atoms with E-state index < -0.39 is 0 Å². The Kier molecular flexibility index (Phi) is 3.30. The van der Waals surface area contributed by atoms with Gasteiger partial charge in [-0.2, -0.15) is 5.48 Å². The molecule has 2 heterocycles. The third-order valence-electron chi connectivity index (χ3n) is 3.62. The Bertz CT molecular complexity index is 529. The van der Waals surface area contributed by atoms with E-state index in [0.29, 0.717) is 12.6 Å². The number of aromatic nitrogens is 2. The van der Waals surface area contributed by atoms with Crippen LogP contribution in [0.4, 0.5) is 0 Å². The van der Waals surface area contributed by atoms with Gasteiger partial charge >= 0.3 is 0 Å². The minimum absolute atomic E-state index is 0.393. The third kappa shape index (κ3) is 2.26. The van der Waals surface area contributed by atoms with Crippen molar-refractivity contribution in [1.82, 2.24) is 14.9 Å². The number of imidazole rings is 1. The van der Waals surface area contributed by atoms with E-state index in [2.05, 4.69) is 14.9 Å². The van der Waals surface area contributed by atoms with E-state index in [1.807, 2.05) is 31.3 Å². The Labute approximate surface area is 107 Å². The second-order valence-corrected chi connectivity index (χ2v) is 4.92. The maximum atomic E-state index is 5.69. The number of nitrogens with zero attached hydrogens (tertiary/aromatic N) is 2. The van der Waals surface area contributed by atoms with Crippen LogP contribution in [0.2, 0.25) is 0 Å². The van der Waals surface area contributed by atoms with Crippen LogP contribution in [0.1, 0.15) is 37.1 Å². The molecule has 2 aromatic rings. The molecule has 1 aliphatic rings. The summed E-state index contributed by atoms with van der Waals surface area (Å²) in [6.07, 6.45) is 7.38. The summed E-state index contributed by atoms with van der Waals surface area (Å²) in [5, 5.41) is 0. The summed E-state index contributed by atoms with van der Waals surface area (Å²) in [6.45, 7) is 2.74. The van der Waals surface area contributed by atoms with Crippen LogP contribution in [0, 0.1) is 6.92 Å². The third-order valence-corrected chi connectivity index (χ3v) is 3.62. The molecule has 1 N–H and O–H groups in total. The highest BCUT2D eigenvalue weighted by Crippen LogP contribution is 2.20. The van der Waals surface area contributed by atoms with Crippen molar-refractivity contribution in [1.29, 1.82) is 0 Å². The number of pyridine rings is 1. The fraction of sp³-hybridized carbons (Fsp3) is 0.500. The first kappa shape index (κ1) is 11.7. The molecule has 0 amide bonds. The number of aryl methyl sites for hydroxylation is 1. The van der Waals surface area contributed by atoms with E-state index >= 15 is 0 Å². The molecule has 0 spiro atoms. The first-order valence-corrected chi connectivity index (χ1v) is 6.65. The molecular weight excluding hydrogens is 226 g/mol. The summed E-state index contributed by atoms with van der Waals surface area (Å²) in [5.41, 5.74) is 6.32. The molecule has 2 aromatic heterocycles. The van der Waals surface area contributed by atoms with Gasteiger partial charge in [0, 0.05) is 6.20 Å². The largest absolute Gasteiger partial charge is 0.302 e. The average Bonchev–Trinajstić information content (AvgIpc) is 2.98. The molecule has 1 fully saturated rings. The van der Waals surface area contributed by atoms with Crippen molar-refractivity contribution in [3.8, 4) is 0 Å². The molecule has 3 rings (SSSR count). The van der Waals surface area contributed by atoms with Crippen molar-refractivity contribution in [2.24, 2.45) is 0 Å². The van der Waals surface area contributed by atoms with E-state index in [0.717, 1.165) is 11.3 Å². The summed E-state index contributed by atoms with van der Waals surface area (Å²) in [7, 11) is 0. The molecule has 1 saturated carbocycles. The van der Waals surface area contributed by atoms with Gasteiger partial charge in [0.25, 0.3) is 0 Å². The lowest BCUT2D eigenvalue weighted by molar-refractivity contribution is -0.0250. The average molecular weight is 245 g/mol. The van der Waals surface area contributed by atoms with E-state index in [-0.39, 0.29) is 0 Å². The van der Waals surface area contributed by atoms with Gasteiger partial charge in [-0.15, -0.1) is 0 Å². The highest BCUT2D eigenvalue weighted by Gasteiger charge is 2.16. The number of rotatable bonds is 4. The molecule has 18 heavy (non-hydrogen) atoms. The lowest BCUT2D eigenvalue weighted by atomic mass is 10.3. The summed E-state index contributed by atoms with van der Waals surface area (Å²) in [5.74, 6) is 0. The van der Waals surface area contributed by atoms with Gasteiger partial charge in [0.2, 0.25) is 0 Å². The van der Waals surface area contributed by atoms with Gasteiger partial charge in [0.15, 0.2) is 0 Å². The molecule has 0 unspecified atom stereocenters. The Morgan fingerprint density at radius 1 is 1.39 bits per heavy atom. The van der Waals surface area contributed by atoms with Crippen molar-refractivity contribution in [3.05, 3.63) is 35.8 Å². The van der Waals surface area contributed by atoms with E-state index in [1.165, 1.54) is 31.4 Å². The first-order chi connectivity index (χ1) is 8.84. The normalized spacial score (nSPS) is 16.7. The zero-order chi connectivity index (χ0) is 12.4. The quantitative estimate of drug-likeness (QED) is 0.841. The van der Waals surface area contributed by atoms with Crippen molar-refractivity contribution in [2.75, 3.05) is 0 Å². The monoisotopic (exact) mass is 245 g/mol. The van der Waals surface area contributed by atoms with Gasteiger partial charge in [-0.05, 0) is 31.9 Å². The molecule has 4 nitrogen and oxygen atoms in total. The van der Waals surface area contributed by atoms with Crippen molar-refractivity contribution < 1.29 is 4.84 Å². The van der Waals surface area contributed by atoms with Gasteiger partial charge in [-0.1, -0.05) is 18.9 Å². The first-order valence-electron chi connectivity index (χ1n) is 6.65.